The number of carbonyl (C=O) groups excluding carboxylic acids is 2. The lowest BCUT2D eigenvalue weighted by Crippen LogP contribution is -2.51. The van der Waals surface area contributed by atoms with Crippen LogP contribution in [-0.2, 0) is 15.9 Å². The normalized spacial score (nSPS) is 24.8. The van der Waals surface area contributed by atoms with E-state index in [9.17, 15) is 9.59 Å². The molecule has 0 saturated carbocycles. The van der Waals surface area contributed by atoms with E-state index in [2.05, 4.69) is 18.7 Å². The summed E-state index contributed by atoms with van der Waals surface area (Å²) in [6.45, 7) is 9.36. The molecule has 9 heteroatoms. The van der Waals surface area contributed by atoms with Gasteiger partial charge in [0.2, 0.25) is 0 Å². The first kappa shape index (κ1) is 32.7. The highest BCUT2D eigenvalue weighted by Gasteiger charge is 2.50. The van der Waals surface area contributed by atoms with E-state index in [1.54, 1.807) is 7.11 Å². The number of unbranched alkanes of at least 4 members (excludes halogenated alkanes) is 2. The molecule has 0 aromatic heterocycles. The molecule has 0 aliphatic carbocycles. The molecule has 7 rings (SSSR count). The molecule has 3 fully saturated rings. The molecule has 3 saturated heterocycles. The Labute approximate surface area is 283 Å². The van der Waals surface area contributed by atoms with Gasteiger partial charge in [-0.3, -0.25) is 9.59 Å². The fourth-order valence-electron chi connectivity index (χ4n) is 7.90. The van der Waals surface area contributed by atoms with Gasteiger partial charge in [0.25, 0.3) is 11.8 Å². The molecule has 2 aromatic rings. The lowest BCUT2D eigenvalue weighted by atomic mass is 9.97. The number of methoxy groups -OCH3 is 1. The number of aryl methyl sites for hydroxylation is 2. The zero-order valence-corrected chi connectivity index (χ0v) is 28.4. The average molecular weight is 657 g/mol. The maximum Gasteiger partial charge on any atom is 0.256 e. The topological polar surface area (TPSA) is 86.8 Å². The molecule has 2 amide bonds. The van der Waals surface area contributed by atoms with E-state index >= 15 is 0 Å². The summed E-state index contributed by atoms with van der Waals surface area (Å²) in [5.74, 6) is 2.13. The lowest BCUT2D eigenvalue weighted by Gasteiger charge is -2.40. The first-order chi connectivity index (χ1) is 23.3. The zero-order chi connectivity index (χ0) is 33.3. The van der Waals surface area contributed by atoms with Crippen molar-refractivity contribution in [2.75, 3.05) is 40.0 Å². The van der Waals surface area contributed by atoms with Crippen LogP contribution in [0, 0.1) is 6.92 Å². The van der Waals surface area contributed by atoms with E-state index < -0.39 is 5.72 Å². The van der Waals surface area contributed by atoms with E-state index in [1.807, 2.05) is 41.0 Å². The summed E-state index contributed by atoms with van der Waals surface area (Å²) in [6, 6.07) is 7.96. The molecule has 0 N–H and O–H groups in total. The number of benzene rings is 2. The number of hydrogen-bond acceptors (Lipinski definition) is 7. The van der Waals surface area contributed by atoms with Crippen molar-refractivity contribution < 1.29 is 33.3 Å². The smallest absolute Gasteiger partial charge is 0.256 e. The summed E-state index contributed by atoms with van der Waals surface area (Å²) in [4.78, 5) is 30.9. The van der Waals surface area contributed by atoms with Crippen LogP contribution in [0.4, 0.5) is 0 Å². The van der Waals surface area contributed by atoms with E-state index in [1.165, 1.54) is 0 Å². The molecule has 9 nitrogen and oxygen atoms in total. The van der Waals surface area contributed by atoms with Crippen molar-refractivity contribution in [1.82, 2.24) is 9.80 Å². The van der Waals surface area contributed by atoms with Crippen LogP contribution in [0.3, 0.4) is 0 Å². The molecular weight excluding hydrogens is 608 g/mol. The Balaban J connectivity index is 0.922. The highest BCUT2D eigenvalue weighted by atomic mass is 16.7. The van der Waals surface area contributed by atoms with Gasteiger partial charge < -0.3 is 33.5 Å². The second-order valence-corrected chi connectivity index (χ2v) is 13.9. The third kappa shape index (κ3) is 6.47. The van der Waals surface area contributed by atoms with E-state index in [0.717, 1.165) is 97.9 Å². The molecule has 48 heavy (non-hydrogen) atoms. The van der Waals surface area contributed by atoms with E-state index in [-0.39, 0.29) is 24.1 Å². The highest BCUT2D eigenvalue weighted by Crippen LogP contribution is 2.43. The fraction of sp³-hybridized carbons (Fsp3) is 0.538. The average Bonchev–Trinajstić information content (AvgIpc) is 3.64. The first-order valence-electron chi connectivity index (χ1n) is 17.7. The number of hydrogen-bond donors (Lipinski definition) is 0. The van der Waals surface area contributed by atoms with Crippen LogP contribution >= 0.6 is 0 Å². The minimum atomic E-state index is -0.708. The van der Waals surface area contributed by atoms with Gasteiger partial charge in [-0.05, 0) is 112 Å². The summed E-state index contributed by atoms with van der Waals surface area (Å²) >= 11 is 0. The largest absolute Gasteiger partial charge is 0.493 e. The number of nitrogens with zero attached hydrogens (tertiary/aromatic N) is 2. The van der Waals surface area contributed by atoms with E-state index in [4.69, 9.17) is 23.7 Å². The Hall–Kier alpha value is -3.82. The van der Waals surface area contributed by atoms with E-state index in [0.29, 0.717) is 56.3 Å². The number of carbonyl (C=O) groups is 2. The van der Waals surface area contributed by atoms with Crippen molar-refractivity contribution in [3.8, 4) is 17.2 Å². The molecule has 0 bridgehead atoms. The predicted molar refractivity (Wildman–Crippen MR) is 183 cm³/mol. The maximum absolute atomic E-state index is 13.9. The fourth-order valence-corrected chi connectivity index (χ4v) is 7.90. The Kier molecular flexibility index (Phi) is 9.52. The van der Waals surface area contributed by atoms with Crippen molar-refractivity contribution in [3.05, 3.63) is 70.3 Å². The number of rotatable bonds is 11. The van der Waals surface area contributed by atoms with Crippen LogP contribution in [0.25, 0.3) is 6.08 Å². The SMILES string of the molecule is C=C1CN2C(=O)c3cc(C)c(OCCCCCOc4cc5c(cc4OC)C(=O)N4CCC[C@H]4C=C5)cc3CC[C@]2(OC2CCCCO2)C1. The zero-order valence-electron chi connectivity index (χ0n) is 28.4. The molecule has 256 valence electrons. The summed E-state index contributed by atoms with van der Waals surface area (Å²) in [6.07, 6.45) is 13.7. The predicted octanol–water partition coefficient (Wildman–Crippen LogP) is 6.85. The highest BCUT2D eigenvalue weighted by molar-refractivity contribution is 6.00. The monoisotopic (exact) mass is 656 g/mol. The third-order valence-corrected chi connectivity index (χ3v) is 10.5. The van der Waals surface area contributed by atoms with Crippen LogP contribution in [0.15, 0.2) is 42.5 Å². The minimum Gasteiger partial charge on any atom is -0.493 e. The number of fused-ring (bicyclic) bond motifs is 4. The van der Waals surface area contributed by atoms with Crippen LogP contribution in [0.5, 0.6) is 17.2 Å². The van der Waals surface area contributed by atoms with Crippen LogP contribution in [0.2, 0.25) is 0 Å². The molecule has 5 heterocycles. The molecule has 2 aromatic carbocycles. The second-order valence-electron chi connectivity index (χ2n) is 13.9. The summed E-state index contributed by atoms with van der Waals surface area (Å²) in [7, 11) is 1.61. The maximum atomic E-state index is 13.9. The molecule has 0 radical (unpaired) electrons. The van der Waals surface area contributed by atoms with Crippen molar-refractivity contribution in [2.45, 2.75) is 95.6 Å². The summed E-state index contributed by atoms with van der Waals surface area (Å²) < 4.78 is 30.5. The van der Waals surface area contributed by atoms with Crippen LogP contribution in [0.1, 0.15) is 102 Å². The van der Waals surface area contributed by atoms with Gasteiger partial charge in [-0.15, -0.1) is 0 Å². The van der Waals surface area contributed by atoms with Crippen LogP contribution < -0.4 is 14.2 Å². The van der Waals surface area contributed by atoms with Gasteiger partial charge in [0.05, 0.1) is 31.9 Å². The van der Waals surface area contributed by atoms with Crippen molar-refractivity contribution in [3.63, 3.8) is 0 Å². The molecule has 1 unspecified atom stereocenters. The number of amides is 2. The quantitative estimate of drug-likeness (QED) is 0.193. The molecule has 5 aliphatic rings. The van der Waals surface area contributed by atoms with Crippen LogP contribution in [-0.4, -0.2) is 79.7 Å². The van der Waals surface area contributed by atoms with Gasteiger partial charge in [0.15, 0.2) is 23.5 Å². The second kappa shape index (κ2) is 14.0. The van der Waals surface area contributed by atoms with Crippen molar-refractivity contribution >= 4 is 17.9 Å². The Morgan fingerprint density at radius 1 is 0.938 bits per heavy atom. The standard InChI is InChI=1S/C39H48N2O7/c1-26-24-39(48-36-11-5-8-19-47-36)15-14-29-21-33(27(2)20-31(29)38(43)41(39)25-26)45-17-6-4-7-18-46-35-22-28-12-13-30-10-9-16-40(30)37(42)32(28)23-34(35)44-3/h12-13,20-23,30,36H,1,4-11,14-19,24-25H2,2-3H3/t30-,36?,39-/m0/s1. The molecular formula is C39H48N2O7. The summed E-state index contributed by atoms with van der Waals surface area (Å²) in [5.41, 5.74) is 4.56. The molecule has 3 atom stereocenters. The van der Waals surface area contributed by atoms with Crippen molar-refractivity contribution in [2.24, 2.45) is 0 Å². The molecule has 0 spiro atoms. The van der Waals surface area contributed by atoms with Crippen molar-refractivity contribution in [1.29, 1.82) is 0 Å². The first-order valence-corrected chi connectivity index (χ1v) is 17.7. The number of ether oxygens (including phenoxy) is 5. The Bertz CT molecular complexity index is 1600. The van der Waals surface area contributed by atoms with Gasteiger partial charge in [-0.1, -0.05) is 24.3 Å². The van der Waals surface area contributed by atoms with Gasteiger partial charge in [-0.25, -0.2) is 0 Å². The minimum absolute atomic E-state index is 0.000629. The Morgan fingerprint density at radius 3 is 2.56 bits per heavy atom. The summed E-state index contributed by atoms with van der Waals surface area (Å²) in [5, 5.41) is 0. The van der Waals surface area contributed by atoms with Gasteiger partial charge in [0, 0.05) is 31.7 Å². The molecule has 5 aliphatic heterocycles. The lowest BCUT2D eigenvalue weighted by molar-refractivity contribution is -0.254. The Morgan fingerprint density at radius 2 is 1.77 bits per heavy atom. The third-order valence-electron chi connectivity index (χ3n) is 10.5. The van der Waals surface area contributed by atoms with Gasteiger partial charge >= 0.3 is 0 Å². The van der Waals surface area contributed by atoms with Gasteiger partial charge in [0.1, 0.15) is 5.75 Å². The van der Waals surface area contributed by atoms with Gasteiger partial charge in [-0.2, -0.15) is 0 Å².